The fourth-order valence-corrected chi connectivity index (χ4v) is 7.29. The van der Waals surface area contributed by atoms with Gasteiger partial charge in [0.15, 0.2) is 6.10 Å². The van der Waals surface area contributed by atoms with Gasteiger partial charge < -0.3 is 27.9 Å². The first-order chi connectivity index (χ1) is 34.0. The van der Waals surface area contributed by atoms with Crippen LogP contribution >= 0.6 is 7.82 Å². The molecule has 0 radical (unpaired) electrons. The molecule has 0 aliphatic heterocycles. The molecular weight excluding hydrogens is 894 g/mol. The predicted molar refractivity (Wildman–Crippen MR) is 295 cm³/mol. The van der Waals surface area contributed by atoms with Gasteiger partial charge in [-0.25, -0.2) is 0 Å². The third-order valence-electron chi connectivity index (χ3n) is 10.7. The van der Waals surface area contributed by atoms with Crippen LogP contribution in [0.4, 0.5) is 0 Å². The summed E-state index contributed by atoms with van der Waals surface area (Å²) in [6.07, 6.45) is 72.0. The Bertz CT molecular complexity index is 1640. The minimum atomic E-state index is -4.65. The largest absolute Gasteiger partial charge is 0.756 e. The highest BCUT2D eigenvalue weighted by molar-refractivity contribution is 7.45. The Hall–Kier alpha value is -3.85. The first-order valence-electron chi connectivity index (χ1n) is 26.9. The summed E-state index contributed by atoms with van der Waals surface area (Å²) in [6, 6.07) is 0. The van der Waals surface area contributed by atoms with Crippen molar-refractivity contribution in [3.05, 3.63) is 134 Å². The molecule has 70 heavy (non-hydrogen) atoms. The summed E-state index contributed by atoms with van der Waals surface area (Å²) in [4.78, 5) is 37.7. The average molecular weight is 992 g/mol. The first-order valence-corrected chi connectivity index (χ1v) is 28.4. The monoisotopic (exact) mass is 992 g/mol. The number of carbonyl (C=O) groups excluding carboxylic acids is 2. The molecule has 2 atom stereocenters. The Labute approximate surface area is 428 Å². The number of phosphoric acid groups is 1. The summed E-state index contributed by atoms with van der Waals surface area (Å²) in [5.74, 6) is -0.884. The molecule has 0 aromatic heterocycles. The molecule has 2 unspecified atom stereocenters. The second-order valence-corrected chi connectivity index (χ2v) is 19.9. The van der Waals surface area contributed by atoms with Gasteiger partial charge in [-0.3, -0.25) is 14.2 Å². The number of allylic oxidation sites excluding steroid dienone is 22. The van der Waals surface area contributed by atoms with Gasteiger partial charge >= 0.3 is 11.9 Å². The number of hydrogen-bond acceptors (Lipinski definition) is 8. The van der Waals surface area contributed by atoms with Crippen molar-refractivity contribution < 1.29 is 42.1 Å². The van der Waals surface area contributed by atoms with Crippen LogP contribution in [0.25, 0.3) is 0 Å². The van der Waals surface area contributed by atoms with Gasteiger partial charge in [0, 0.05) is 12.8 Å². The fourth-order valence-electron chi connectivity index (χ4n) is 6.57. The summed E-state index contributed by atoms with van der Waals surface area (Å²) >= 11 is 0. The van der Waals surface area contributed by atoms with E-state index in [1.165, 1.54) is 0 Å². The molecule has 396 valence electrons. The zero-order valence-corrected chi connectivity index (χ0v) is 45.5. The number of unbranched alkanes of at least 4 members (excludes halogenated alkanes) is 11. The second kappa shape index (κ2) is 50.1. The van der Waals surface area contributed by atoms with Crippen LogP contribution in [-0.2, 0) is 32.7 Å². The summed E-state index contributed by atoms with van der Waals surface area (Å²) in [6.45, 7) is 3.94. The minimum Gasteiger partial charge on any atom is -0.756 e. The molecule has 0 amide bonds. The highest BCUT2D eigenvalue weighted by atomic mass is 31.2. The van der Waals surface area contributed by atoms with E-state index in [4.69, 9.17) is 18.5 Å². The van der Waals surface area contributed by atoms with Gasteiger partial charge in [-0.15, -0.1) is 0 Å². The van der Waals surface area contributed by atoms with E-state index in [1.54, 1.807) is 0 Å². The second-order valence-electron chi connectivity index (χ2n) is 18.5. The number of ether oxygens (including phenoxy) is 2. The van der Waals surface area contributed by atoms with E-state index in [9.17, 15) is 19.0 Å². The number of rotatable bonds is 47. The molecule has 0 aliphatic rings. The molecule has 10 heteroatoms. The van der Waals surface area contributed by atoms with E-state index in [0.717, 1.165) is 141 Å². The topological polar surface area (TPSA) is 111 Å². The number of quaternary nitrogens is 1. The molecule has 0 saturated carbocycles. The number of hydrogen-bond donors (Lipinski definition) is 0. The lowest BCUT2D eigenvalue weighted by atomic mass is 10.1. The number of phosphoric ester groups is 1. The number of nitrogens with zero attached hydrogens (tertiary/aromatic N) is 1. The Kier molecular flexibility index (Phi) is 47.3. The van der Waals surface area contributed by atoms with Gasteiger partial charge in [-0.1, -0.05) is 192 Å². The predicted octanol–water partition coefficient (Wildman–Crippen LogP) is 15.9. The highest BCUT2D eigenvalue weighted by Gasteiger charge is 2.21. The van der Waals surface area contributed by atoms with Crippen molar-refractivity contribution in [1.29, 1.82) is 0 Å². The van der Waals surface area contributed by atoms with Crippen molar-refractivity contribution in [3.63, 3.8) is 0 Å². The average Bonchev–Trinajstić information content (AvgIpc) is 3.32. The quantitative estimate of drug-likeness (QED) is 0.0195. The van der Waals surface area contributed by atoms with E-state index >= 15 is 0 Å². The molecule has 0 N–H and O–H groups in total. The van der Waals surface area contributed by atoms with E-state index in [0.29, 0.717) is 23.9 Å². The summed E-state index contributed by atoms with van der Waals surface area (Å²) in [5.41, 5.74) is 0. The molecule has 0 bridgehead atoms. The Morgan fingerprint density at radius 2 is 0.771 bits per heavy atom. The molecule has 0 heterocycles. The first kappa shape index (κ1) is 66.2. The third-order valence-corrected chi connectivity index (χ3v) is 11.6. The number of carbonyl (C=O) groups is 2. The van der Waals surface area contributed by atoms with Gasteiger partial charge in [-0.2, -0.15) is 0 Å². The van der Waals surface area contributed by atoms with Crippen LogP contribution < -0.4 is 4.89 Å². The van der Waals surface area contributed by atoms with Gasteiger partial charge in [-0.05, 0) is 109 Å². The lowest BCUT2D eigenvalue weighted by Gasteiger charge is -2.28. The van der Waals surface area contributed by atoms with Crippen LogP contribution in [0.1, 0.15) is 181 Å². The Morgan fingerprint density at radius 3 is 1.14 bits per heavy atom. The third kappa shape index (κ3) is 53.5. The molecule has 0 spiro atoms. The SMILES string of the molecule is CC/C=C\C/C=C\C/C=C\C/C=C\C/C=C\C/C=C\C/C=C\C/C=C\CCCCCCCCC(=O)OC(COC(=O)CCCCCCC/C=C\C/C=C\C/C=C\CC)COP(=O)([O-])OCC[N+](C)(C)C. The normalized spacial score (nSPS) is 14.4. The van der Waals surface area contributed by atoms with Crippen molar-refractivity contribution in [2.45, 2.75) is 187 Å². The van der Waals surface area contributed by atoms with Gasteiger partial charge in [0.2, 0.25) is 0 Å². The lowest BCUT2D eigenvalue weighted by Crippen LogP contribution is -2.37. The number of likely N-dealkylation sites (N-methyl/N-ethyl adjacent to an activating group) is 1. The van der Waals surface area contributed by atoms with Crippen molar-refractivity contribution in [2.75, 3.05) is 47.5 Å². The minimum absolute atomic E-state index is 0.0451. The zero-order chi connectivity index (χ0) is 51.3. The summed E-state index contributed by atoms with van der Waals surface area (Å²) in [5, 5.41) is 0. The van der Waals surface area contributed by atoms with E-state index in [1.807, 2.05) is 21.1 Å². The maximum absolute atomic E-state index is 12.8. The van der Waals surface area contributed by atoms with Crippen molar-refractivity contribution >= 4 is 19.8 Å². The molecule has 0 fully saturated rings. The van der Waals surface area contributed by atoms with Crippen LogP contribution in [0.2, 0.25) is 0 Å². The molecule has 0 rings (SSSR count). The van der Waals surface area contributed by atoms with Crippen LogP contribution in [0, 0.1) is 0 Å². The molecule has 9 nitrogen and oxygen atoms in total. The van der Waals surface area contributed by atoms with Crippen LogP contribution in [0.5, 0.6) is 0 Å². The standard InChI is InChI=1S/C60H98NO8P/c1-6-8-10-12-14-16-18-20-22-23-24-25-26-27-28-29-30-31-32-33-34-35-36-37-39-41-43-45-47-49-51-53-60(63)69-58(57-68-70(64,65)67-55-54-61(3,4)5)56-66-59(62)52-50-48-46-44-42-40-38-21-19-17-15-13-11-9-7-2/h8-11,14-17,20-22,24-25,27-28,30-31,33-34,36-38,58H,6-7,12-13,18-19,23,26,29,32,35,39-57H2,1-5H3/b10-8-,11-9-,16-14-,17-15-,22-20-,25-24-,28-27-,31-30-,34-33-,37-36-,38-21-. The lowest BCUT2D eigenvalue weighted by molar-refractivity contribution is -0.870. The molecule has 0 saturated heterocycles. The van der Waals surface area contributed by atoms with Crippen molar-refractivity contribution in [3.8, 4) is 0 Å². The molecule has 0 aromatic rings. The molecule has 0 aliphatic carbocycles. The Morgan fingerprint density at radius 1 is 0.443 bits per heavy atom. The van der Waals surface area contributed by atoms with Gasteiger partial charge in [0.05, 0.1) is 27.7 Å². The van der Waals surface area contributed by atoms with Crippen LogP contribution in [-0.4, -0.2) is 70.0 Å². The van der Waals surface area contributed by atoms with E-state index < -0.39 is 32.5 Å². The van der Waals surface area contributed by atoms with Crippen LogP contribution in [0.15, 0.2) is 134 Å². The Balaban J connectivity index is 4.28. The van der Waals surface area contributed by atoms with Crippen LogP contribution in [0.3, 0.4) is 0 Å². The van der Waals surface area contributed by atoms with E-state index in [2.05, 4.69) is 148 Å². The maximum atomic E-state index is 12.8. The zero-order valence-electron chi connectivity index (χ0n) is 44.7. The smallest absolute Gasteiger partial charge is 0.306 e. The molecule has 0 aromatic carbocycles. The van der Waals surface area contributed by atoms with Crippen molar-refractivity contribution in [1.82, 2.24) is 0 Å². The number of esters is 2. The highest BCUT2D eigenvalue weighted by Crippen LogP contribution is 2.38. The fraction of sp³-hybridized carbons (Fsp3) is 0.600. The van der Waals surface area contributed by atoms with Gasteiger partial charge in [0.25, 0.3) is 7.82 Å². The van der Waals surface area contributed by atoms with Crippen molar-refractivity contribution in [2.24, 2.45) is 0 Å². The van der Waals surface area contributed by atoms with E-state index in [-0.39, 0.29) is 26.1 Å². The summed E-state index contributed by atoms with van der Waals surface area (Å²) in [7, 11) is 1.12. The van der Waals surface area contributed by atoms with Gasteiger partial charge in [0.1, 0.15) is 19.8 Å². The maximum Gasteiger partial charge on any atom is 0.306 e. The molecular formula is C60H98NO8P. The summed E-state index contributed by atoms with van der Waals surface area (Å²) < 4.78 is 34.0.